The van der Waals surface area contributed by atoms with E-state index >= 15 is 0 Å². The molecule has 0 saturated carbocycles. The molecule has 0 atom stereocenters. The number of nitrogens with zero attached hydrogens (tertiary/aromatic N) is 3. The lowest BCUT2D eigenvalue weighted by Crippen LogP contribution is -2.23. The summed E-state index contributed by atoms with van der Waals surface area (Å²) in [4.78, 5) is 18.4. The third-order valence-corrected chi connectivity index (χ3v) is 5.09. The Morgan fingerprint density at radius 3 is 3.00 bits per heavy atom. The van der Waals surface area contributed by atoms with Crippen LogP contribution in [0.4, 0.5) is 5.69 Å². The van der Waals surface area contributed by atoms with E-state index in [9.17, 15) is 10.1 Å². The van der Waals surface area contributed by atoms with Gasteiger partial charge in [-0.1, -0.05) is 12.1 Å². The van der Waals surface area contributed by atoms with E-state index in [-0.39, 0.29) is 5.91 Å². The highest BCUT2D eigenvalue weighted by Gasteiger charge is 2.22. The average Bonchev–Trinajstić information content (AvgIpc) is 3.41. The molecule has 1 aliphatic heterocycles. The maximum Gasteiger partial charge on any atom is 0.227 e. The molecule has 0 radical (unpaired) electrons. The summed E-state index contributed by atoms with van der Waals surface area (Å²) in [5.41, 5.74) is 3.08. The number of thiazole rings is 1. The van der Waals surface area contributed by atoms with Crippen molar-refractivity contribution in [1.29, 1.82) is 5.26 Å². The Morgan fingerprint density at radius 2 is 2.27 bits per heavy atom. The number of anilines is 1. The van der Waals surface area contributed by atoms with Gasteiger partial charge >= 0.3 is 0 Å². The predicted octanol–water partition coefficient (Wildman–Crippen LogP) is 4.59. The molecule has 1 aliphatic rings. The van der Waals surface area contributed by atoms with Crippen molar-refractivity contribution in [3.63, 3.8) is 0 Å². The third-order valence-electron chi connectivity index (χ3n) is 4.21. The van der Waals surface area contributed by atoms with Crippen molar-refractivity contribution < 1.29 is 9.21 Å². The molecule has 1 fully saturated rings. The van der Waals surface area contributed by atoms with Crippen LogP contribution in [0.5, 0.6) is 0 Å². The summed E-state index contributed by atoms with van der Waals surface area (Å²) in [5.74, 6) is 0.780. The molecule has 1 saturated heterocycles. The second-order valence-corrected chi connectivity index (χ2v) is 6.78. The molecule has 0 aliphatic carbocycles. The quantitative estimate of drug-likeness (QED) is 0.637. The number of amides is 1. The molecule has 1 aromatic carbocycles. The molecule has 6 heteroatoms. The van der Waals surface area contributed by atoms with Crippen molar-refractivity contribution in [2.45, 2.75) is 12.8 Å². The van der Waals surface area contributed by atoms with Gasteiger partial charge < -0.3 is 9.32 Å². The van der Waals surface area contributed by atoms with Gasteiger partial charge in [0.1, 0.15) is 16.8 Å². The standard InChI is InChI=1S/C20H15N3O2S/c21-12-15(11-17-6-3-9-25-17)20-22-18(13-26-20)14-4-1-5-16(10-14)23-8-2-7-19(23)24/h1,3-6,9-11,13H,2,7-8H2/b15-11-. The van der Waals surface area contributed by atoms with Crippen LogP contribution in [0.2, 0.25) is 0 Å². The van der Waals surface area contributed by atoms with E-state index in [0.717, 1.165) is 29.9 Å². The molecule has 0 N–H and O–H groups in total. The Kier molecular flexibility index (Phi) is 4.38. The van der Waals surface area contributed by atoms with Crippen molar-refractivity contribution in [2.75, 3.05) is 11.4 Å². The third kappa shape index (κ3) is 3.17. The van der Waals surface area contributed by atoms with E-state index in [0.29, 0.717) is 22.8 Å². The van der Waals surface area contributed by atoms with E-state index < -0.39 is 0 Å². The lowest BCUT2D eigenvalue weighted by molar-refractivity contribution is -0.117. The van der Waals surface area contributed by atoms with Crippen molar-refractivity contribution in [2.24, 2.45) is 0 Å². The summed E-state index contributed by atoms with van der Waals surface area (Å²) in [6.07, 6.45) is 4.75. The predicted molar refractivity (Wildman–Crippen MR) is 101 cm³/mol. The summed E-state index contributed by atoms with van der Waals surface area (Å²) in [7, 11) is 0. The number of hydrogen-bond acceptors (Lipinski definition) is 5. The number of hydrogen-bond donors (Lipinski definition) is 0. The molecule has 5 nitrogen and oxygen atoms in total. The van der Waals surface area contributed by atoms with Gasteiger partial charge in [0.2, 0.25) is 5.91 Å². The molecule has 1 amide bonds. The first-order valence-electron chi connectivity index (χ1n) is 8.26. The number of allylic oxidation sites excluding steroid dienone is 1. The van der Waals surface area contributed by atoms with Crippen LogP contribution in [0.3, 0.4) is 0 Å². The Bertz CT molecular complexity index is 1010. The van der Waals surface area contributed by atoms with Gasteiger partial charge in [-0.3, -0.25) is 4.79 Å². The first-order chi connectivity index (χ1) is 12.7. The Labute approximate surface area is 154 Å². The van der Waals surface area contributed by atoms with Crippen LogP contribution >= 0.6 is 11.3 Å². The molecule has 26 heavy (non-hydrogen) atoms. The van der Waals surface area contributed by atoms with E-state index in [2.05, 4.69) is 11.1 Å². The van der Waals surface area contributed by atoms with E-state index in [1.165, 1.54) is 11.3 Å². The summed E-state index contributed by atoms with van der Waals surface area (Å²) in [5, 5.41) is 12.0. The van der Waals surface area contributed by atoms with E-state index in [1.54, 1.807) is 24.5 Å². The van der Waals surface area contributed by atoms with Crippen molar-refractivity contribution in [3.05, 3.63) is 58.8 Å². The lowest BCUT2D eigenvalue weighted by atomic mass is 10.1. The van der Waals surface area contributed by atoms with Crippen LogP contribution in [0.1, 0.15) is 23.6 Å². The highest BCUT2D eigenvalue weighted by Crippen LogP contribution is 2.30. The lowest BCUT2D eigenvalue weighted by Gasteiger charge is -2.16. The minimum absolute atomic E-state index is 0.161. The zero-order chi connectivity index (χ0) is 17.9. The van der Waals surface area contributed by atoms with Crippen molar-refractivity contribution in [3.8, 4) is 17.3 Å². The Hall–Kier alpha value is -3.17. The van der Waals surface area contributed by atoms with Crippen LogP contribution in [0, 0.1) is 11.3 Å². The number of nitriles is 1. The SMILES string of the molecule is N#C/C(=C/c1ccco1)c1nc(-c2cccc(N3CCCC3=O)c2)cs1. The maximum absolute atomic E-state index is 12.0. The first kappa shape index (κ1) is 16.3. The number of aromatic nitrogens is 1. The molecule has 4 rings (SSSR count). The zero-order valence-electron chi connectivity index (χ0n) is 13.9. The molecule has 0 unspecified atom stereocenters. The van der Waals surface area contributed by atoms with Gasteiger partial charge in [-0.2, -0.15) is 5.26 Å². The molecule has 128 valence electrons. The number of benzene rings is 1. The van der Waals surface area contributed by atoms with Gasteiger partial charge in [0.25, 0.3) is 0 Å². The van der Waals surface area contributed by atoms with Gasteiger partial charge in [0.15, 0.2) is 0 Å². The zero-order valence-corrected chi connectivity index (χ0v) is 14.7. The number of rotatable bonds is 4. The summed E-state index contributed by atoms with van der Waals surface area (Å²) < 4.78 is 5.27. The highest BCUT2D eigenvalue weighted by molar-refractivity contribution is 7.11. The van der Waals surface area contributed by atoms with Gasteiger partial charge in [0.05, 0.1) is 17.5 Å². The number of carbonyl (C=O) groups excluding carboxylic acids is 1. The summed E-state index contributed by atoms with van der Waals surface area (Å²) in [6.45, 7) is 0.759. The first-order valence-corrected chi connectivity index (χ1v) is 9.14. The summed E-state index contributed by atoms with van der Waals surface area (Å²) in [6, 6.07) is 13.6. The minimum atomic E-state index is 0.161. The van der Waals surface area contributed by atoms with E-state index in [1.807, 2.05) is 34.5 Å². The normalized spacial score (nSPS) is 14.7. The Morgan fingerprint density at radius 1 is 1.35 bits per heavy atom. The molecule has 3 aromatic rings. The van der Waals surface area contributed by atoms with Crippen LogP contribution in [-0.4, -0.2) is 17.4 Å². The van der Waals surface area contributed by atoms with Gasteiger partial charge in [-0.15, -0.1) is 11.3 Å². The highest BCUT2D eigenvalue weighted by atomic mass is 32.1. The average molecular weight is 361 g/mol. The number of carbonyl (C=O) groups is 1. The molecule has 2 aromatic heterocycles. The Balaban J connectivity index is 1.64. The van der Waals surface area contributed by atoms with Crippen LogP contribution < -0.4 is 4.90 Å². The molecule has 0 bridgehead atoms. The molecular weight excluding hydrogens is 346 g/mol. The van der Waals surface area contributed by atoms with Gasteiger partial charge in [-0.25, -0.2) is 4.98 Å². The van der Waals surface area contributed by atoms with Crippen LogP contribution in [0.15, 0.2) is 52.5 Å². The minimum Gasteiger partial charge on any atom is -0.465 e. The van der Waals surface area contributed by atoms with Crippen LogP contribution in [0.25, 0.3) is 22.9 Å². The largest absolute Gasteiger partial charge is 0.465 e. The fraction of sp³-hybridized carbons (Fsp3) is 0.150. The van der Waals surface area contributed by atoms with Crippen molar-refractivity contribution >= 4 is 34.6 Å². The fourth-order valence-corrected chi connectivity index (χ4v) is 3.74. The maximum atomic E-state index is 12.0. The monoisotopic (exact) mass is 361 g/mol. The fourth-order valence-electron chi connectivity index (χ4n) is 2.94. The van der Waals surface area contributed by atoms with E-state index in [4.69, 9.17) is 4.42 Å². The number of furan rings is 1. The molecule has 3 heterocycles. The topological polar surface area (TPSA) is 70.1 Å². The van der Waals surface area contributed by atoms with Gasteiger partial charge in [-0.05, 0) is 30.7 Å². The molecular formula is C20H15N3O2S. The van der Waals surface area contributed by atoms with Gasteiger partial charge in [0, 0.05) is 35.7 Å². The second-order valence-electron chi connectivity index (χ2n) is 5.92. The smallest absolute Gasteiger partial charge is 0.227 e. The van der Waals surface area contributed by atoms with Crippen molar-refractivity contribution in [1.82, 2.24) is 4.98 Å². The van der Waals surface area contributed by atoms with Crippen LogP contribution in [-0.2, 0) is 4.79 Å². The second kappa shape index (κ2) is 6.98. The summed E-state index contributed by atoms with van der Waals surface area (Å²) >= 11 is 1.41. The molecule has 0 spiro atoms.